The predicted molar refractivity (Wildman–Crippen MR) is 66.5 cm³/mol. The first-order valence-electron chi connectivity index (χ1n) is 4.95. The van der Waals surface area contributed by atoms with Gasteiger partial charge in [0.1, 0.15) is 12.0 Å². The van der Waals surface area contributed by atoms with Crippen LogP contribution in [0.4, 0.5) is 6.01 Å². The minimum Gasteiger partial charge on any atom is -0.432 e. The smallest absolute Gasteiger partial charge is 0.292 e. The van der Waals surface area contributed by atoms with Gasteiger partial charge in [0, 0.05) is 4.70 Å². The summed E-state index contributed by atoms with van der Waals surface area (Å²) < 4.78 is 6.30. The molecule has 2 N–H and O–H groups in total. The van der Waals surface area contributed by atoms with Gasteiger partial charge < -0.3 is 10.2 Å². The van der Waals surface area contributed by atoms with Crippen molar-refractivity contribution < 1.29 is 4.42 Å². The average Bonchev–Trinajstić information content (AvgIpc) is 2.84. The molecule has 0 amide bonds. The summed E-state index contributed by atoms with van der Waals surface area (Å²) >= 11 is 1.71. The van der Waals surface area contributed by atoms with Crippen molar-refractivity contribution in [2.75, 3.05) is 5.73 Å². The van der Waals surface area contributed by atoms with Gasteiger partial charge in [-0.05, 0) is 23.9 Å². The van der Waals surface area contributed by atoms with E-state index in [1.165, 1.54) is 15.6 Å². The van der Waals surface area contributed by atoms with Gasteiger partial charge in [-0.2, -0.15) is 4.98 Å². The summed E-state index contributed by atoms with van der Waals surface area (Å²) in [4.78, 5) is 5.29. The highest BCUT2D eigenvalue weighted by molar-refractivity contribution is 7.22. The summed E-state index contributed by atoms with van der Waals surface area (Å²) in [6.45, 7) is 2.10. The van der Waals surface area contributed by atoms with Gasteiger partial charge in [-0.15, -0.1) is 11.3 Å². The van der Waals surface area contributed by atoms with Crippen LogP contribution in [0.15, 0.2) is 34.9 Å². The molecule has 1 aromatic carbocycles. The summed E-state index contributed by atoms with van der Waals surface area (Å²) in [7, 11) is 0. The molecule has 0 radical (unpaired) electrons. The first kappa shape index (κ1) is 9.42. The van der Waals surface area contributed by atoms with Crippen LogP contribution < -0.4 is 5.73 Å². The Morgan fingerprint density at radius 3 is 2.81 bits per heavy atom. The van der Waals surface area contributed by atoms with Crippen LogP contribution in [0.25, 0.3) is 20.7 Å². The number of oxazole rings is 1. The van der Waals surface area contributed by atoms with Crippen molar-refractivity contribution in [3.05, 3.63) is 36.1 Å². The van der Waals surface area contributed by atoms with Crippen LogP contribution in [0.5, 0.6) is 0 Å². The van der Waals surface area contributed by atoms with Crippen LogP contribution >= 0.6 is 11.3 Å². The van der Waals surface area contributed by atoms with Crippen LogP contribution in [0.2, 0.25) is 0 Å². The lowest BCUT2D eigenvalue weighted by Gasteiger charge is -1.92. The molecule has 0 spiro atoms. The topological polar surface area (TPSA) is 52.0 Å². The van der Waals surface area contributed by atoms with Gasteiger partial charge in [-0.25, -0.2) is 0 Å². The van der Waals surface area contributed by atoms with Crippen molar-refractivity contribution in [1.29, 1.82) is 0 Å². The molecule has 4 heteroatoms. The normalized spacial score (nSPS) is 11.1. The van der Waals surface area contributed by atoms with E-state index < -0.39 is 0 Å². The van der Waals surface area contributed by atoms with E-state index in [1.807, 2.05) is 12.1 Å². The Balaban J connectivity index is 2.28. The van der Waals surface area contributed by atoms with E-state index in [0.717, 1.165) is 10.6 Å². The summed E-state index contributed by atoms with van der Waals surface area (Å²) in [6.07, 6.45) is 1.60. The number of nitrogen functional groups attached to an aromatic ring is 1. The van der Waals surface area contributed by atoms with Crippen molar-refractivity contribution >= 4 is 27.4 Å². The second kappa shape index (κ2) is 3.35. The largest absolute Gasteiger partial charge is 0.432 e. The molecule has 0 unspecified atom stereocenters. The standard InChI is InChI=1S/C12H10N2OS/c1-7-8-4-2-3-5-10(8)16-11(7)9-6-15-12(13)14-9/h2-6H,1H3,(H2,13,14). The lowest BCUT2D eigenvalue weighted by atomic mass is 10.1. The van der Waals surface area contributed by atoms with Gasteiger partial charge in [0.2, 0.25) is 0 Å². The monoisotopic (exact) mass is 230 g/mol. The minimum atomic E-state index is 0.215. The molecule has 0 saturated heterocycles. The summed E-state index contributed by atoms with van der Waals surface area (Å²) in [5, 5.41) is 1.27. The van der Waals surface area contributed by atoms with Gasteiger partial charge in [0.15, 0.2) is 0 Å². The van der Waals surface area contributed by atoms with E-state index in [2.05, 4.69) is 24.0 Å². The van der Waals surface area contributed by atoms with Crippen molar-refractivity contribution in [3.8, 4) is 10.6 Å². The lowest BCUT2D eigenvalue weighted by Crippen LogP contribution is -1.83. The van der Waals surface area contributed by atoms with Gasteiger partial charge >= 0.3 is 0 Å². The number of fused-ring (bicyclic) bond motifs is 1. The average molecular weight is 230 g/mol. The van der Waals surface area contributed by atoms with Gasteiger partial charge in [-0.3, -0.25) is 0 Å². The third-order valence-electron chi connectivity index (χ3n) is 2.60. The molecule has 0 atom stereocenters. The fourth-order valence-electron chi connectivity index (χ4n) is 1.81. The Morgan fingerprint density at radius 2 is 2.12 bits per heavy atom. The minimum absolute atomic E-state index is 0.215. The zero-order chi connectivity index (χ0) is 11.1. The Hall–Kier alpha value is -1.81. The number of hydrogen-bond acceptors (Lipinski definition) is 4. The maximum Gasteiger partial charge on any atom is 0.292 e. The molecule has 0 saturated carbocycles. The number of nitrogens with zero attached hydrogens (tertiary/aromatic N) is 1. The first-order chi connectivity index (χ1) is 7.75. The van der Waals surface area contributed by atoms with Crippen LogP contribution in [-0.4, -0.2) is 4.98 Å². The van der Waals surface area contributed by atoms with Gasteiger partial charge in [0.05, 0.1) is 4.88 Å². The van der Waals surface area contributed by atoms with E-state index in [-0.39, 0.29) is 6.01 Å². The molecule has 0 aliphatic carbocycles. The maximum atomic E-state index is 5.49. The predicted octanol–water partition coefficient (Wildman–Crippen LogP) is 3.45. The molecule has 0 fully saturated rings. The maximum absolute atomic E-state index is 5.49. The molecule has 3 aromatic rings. The molecule has 3 nitrogen and oxygen atoms in total. The lowest BCUT2D eigenvalue weighted by molar-refractivity contribution is 0.581. The molecule has 2 heterocycles. The Kier molecular flexibility index (Phi) is 1.97. The Morgan fingerprint density at radius 1 is 1.31 bits per heavy atom. The highest BCUT2D eigenvalue weighted by Crippen LogP contribution is 2.37. The molecule has 2 aromatic heterocycles. The van der Waals surface area contributed by atoms with Crippen molar-refractivity contribution in [2.45, 2.75) is 6.92 Å². The number of nitrogens with two attached hydrogens (primary N) is 1. The molecule has 0 aliphatic heterocycles. The number of aromatic nitrogens is 1. The van der Waals surface area contributed by atoms with E-state index in [4.69, 9.17) is 10.2 Å². The zero-order valence-corrected chi connectivity index (χ0v) is 9.54. The quantitative estimate of drug-likeness (QED) is 0.696. The fraction of sp³-hybridized carbons (Fsp3) is 0.0833. The SMILES string of the molecule is Cc1c(-c2coc(N)n2)sc2ccccc12. The Bertz CT molecular complexity index is 654. The highest BCUT2D eigenvalue weighted by atomic mass is 32.1. The molecule has 3 rings (SSSR count). The second-order valence-electron chi connectivity index (χ2n) is 3.62. The third kappa shape index (κ3) is 1.31. The molecule has 0 aliphatic rings. The molecule has 80 valence electrons. The van der Waals surface area contributed by atoms with E-state index in [0.29, 0.717) is 0 Å². The fourth-order valence-corrected chi connectivity index (χ4v) is 2.97. The number of anilines is 1. The number of benzene rings is 1. The number of aryl methyl sites for hydroxylation is 1. The summed E-state index contributed by atoms with van der Waals surface area (Å²) in [5.74, 6) is 0. The highest BCUT2D eigenvalue weighted by Gasteiger charge is 2.12. The van der Waals surface area contributed by atoms with Crippen molar-refractivity contribution in [2.24, 2.45) is 0 Å². The third-order valence-corrected chi connectivity index (χ3v) is 3.89. The number of rotatable bonds is 1. The summed E-state index contributed by atoms with van der Waals surface area (Å²) in [6, 6.07) is 8.53. The zero-order valence-electron chi connectivity index (χ0n) is 8.73. The van der Waals surface area contributed by atoms with Crippen LogP contribution in [-0.2, 0) is 0 Å². The van der Waals surface area contributed by atoms with Gasteiger partial charge in [-0.1, -0.05) is 18.2 Å². The second-order valence-corrected chi connectivity index (χ2v) is 4.68. The summed E-state index contributed by atoms with van der Waals surface area (Å²) in [5.41, 5.74) is 7.53. The number of thiophene rings is 1. The number of hydrogen-bond donors (Lipinski definition) is 1. The van der Waals surface area contributed by atoms with Crippen LogP contribution in [0.3, 0.4) is 0 Å². The van der Waals surface area contributed by atoms with Crippen molar-refractivity contribution in [3.63, 3.8) is 0 Å². The van der Waals surface area contributed by atoms with E-state index in [1.54, 1.807) is 17.6 Å². The molecular weight excluding hydrogens is 220 g/mol. The van der Waals surface area contributed by atoms with Crippen LogP contribution in [0, 0.1) is 6.92 Å². The Labute approximate surface area is 96.5 Å². The van der Waals surface area contributed by atoms with Gasteiger partial charge in [0.25, 0.3) is 6.01 Å². The van der Waals surface area contributed by atoms with Crippen molar-refractivity contribution in [1.82, 2.24) is 4.98 Å². The van der Waals surface area contributed by atoms with E-state index in [9.17, 15) is 0 Å². The first-order valence-corrected chi connectivity index (χ1v) is 5.77. The molecule has 16 heavy (non-hydrogen) atoms. The van der Waals surface area contributed by atoms with E-state index >= 15 is 0 Å². The molecular formula is C12H10N2OS. The van der Waals surface area contributed by atoms with Crippen LogP contribution in [0.1, 0.15) is 5.56 Å². The molecule has 0 bridgehead atoms.